The predicted octanol–water partition coefficient (Wildman–Crippen LogP) is 3.68. The smallest absolute Gasteiger partial charge is 0.224 e. The van der Waals surface area contributed by atoms with Gasteiger partial charge in [-0.1, -0.05) is 42.5 Å². The van der Waals surface area contributed by atoms with Gasteiger partial charge in [-0.05, 0) is 24.1 Å². The van der Waals surface area contributed by atoms with Crippen LogP contribution in [-0.4, -0.2) is 50.8 Å². The molecule has 1 aliphatic rings. The molecule has 152 valence electrons. The van der Waals surface area contributed by atoms with E-state index in [1.807, 2.05) is 36.2 Å². The quantitative estimate of drug-likeness (QED) is 0.797. The summed E-state index contributed by atoms with van der Waals surface area (Å²) in [6, 6.07) is 16.4. The molecule has 0 bridgehead atoms. The first-order valence-corrected chi connectivity index (χ1v) is 9.40. The Labute approximate surface area is 173 Å². The molecule has 1 saturated heterocycles. The van der Waals surface area contributed by atoms with Crippen molar-refractivity contribution in [3.8, 4) is 16.9 Å². The van der Waals surface area contributed by atoms with Crippen LogP contribution in [0.5, 0.6) is 5.75 Å². The summed E-state index contributed by atoms with van der Waals surface area (Å²) in [4.78, 5) is 14.4. The molecule has 3 rings (SSSR count). The van der Waals surface area contributed by atoms with Gasteiger partial charge in [0, 0.05) is 31.6 Å². The highest BCUT2D eigenvalue weighted by Crippen LogP contribution is 2.31. The number of carbonyl (C=O) groups is 1. The lowest BCUT2D eigenvalue weighted by molar-refractivity contribution is -0.133. The Morgan fingerprint density at radius 3 is 2.61 bits per heavy atom. The van der Waals surface area contributed by atoms with Crippen LogP contribution in [0.25, 0.3) is 11.1 Å². The summed E-state index contributed by atoms with van der Waals surface area (Å²) < 4.78 is 10.9. The first kappa shape index (κ1) is 22.2. The minimum absolute atomic E-state index is 0. The molecule has 0 spiro atoms. The van der Waals surface area contributed by atoms with Crippen molar-refractivity contribution < 1.29 is 14.3 Å². The van der Waals surface area contributed by atoms with E-state index >= 15 is 0 Å². The van der Waals surface area contributed by atoms with Crippen molar-refractivity contribution in [1.82, 2.24) is 10.2 Å². The number of carbonyl (C=O) groups excluding carboxylic acids is 1. The number of ether oxygens (including phenoxy) is 2. The van der Waals surface area contributed by atoms with Crippen LogP contribution in [0.4, 0.5) is 0 Å². The highest BCUT2D eigenvalue weighted by Gasteiger charge is 2.22. The highest BCUT2D eigenvalue weighted by atomic mass is 35.5. The number of benzene rings is 2. The molecule has 0 aromatic heterocycles. The fraction of sp³-hybridized carbons (Fsp3) is 0.409. The third-order valence-electron chi connectivity index (χ3n) is 5.20. The van der Waals surface area contributed by atoms with Crippen LogP contribution in [0.1, 0.15) is 24.9 Å². The maximum absolute atomic E-state index is 12.6. The maximum Gasteiger partial charge on any atom is 0.224 e. The lowest BCUT2D eigenvalue weighted by Crippen LogP contribution is -2.44. The standard InChI is InChI=1S/C22H28N2O3.ClH/c1-16(24(2)22(25)14-19-15-27-13-12-23-19)17-8-10-18(11-9-17)20-6-4-5-7-21(20)26-3;/h4-11,16,19,23H,12-15H2,1-3H3;1H. The molecule has 2 aromatic rings. The molecular formula is C22H29ClN2O3. The Morgan fingerprint density at radius 2 is 1.96 bits per heavy atom. The Hall–Kier alpha value is -2.08. The van der Waals surface area contributed by atoms with Gasteiger partial charge in [-0.15, -0.1) is 12.4 Å². The average Bonchev–Trinajstić information content (AvgIpc) is 2.73. The maximum atomic E-state index is 12.6. The molecular weight excluding hydrogens is 376 g/mol. The van der Waals surface area contributed by atoms with E-state index in [0.29, 0.717) is 13.0 Å². The number of morpholine rings is 1. The largest absolute Gasteiger partial charge is 0.496 e. The summed E-state index contributed by atoms with van der Waals surface area (Å²) in [5.41, 5.74) is 3.27. The number of para-hydroxylation sites is 1. The minimum atomic E-state index is 0. The van der Waals surface area contributed by atoms with Gasteiger partial charge in [0.05, 0.1) is 26.4 Å². The van der Waals surface area contributed by atoms with Crippen molar-refractivity contribution in [2.45, 2.75) is 25.4 Å². The molecule has 1 heterocycles. The average molecular weight is 405 g/mol. The minimum Gasteiger partial charge on any atom is -0.496 e. The van der Waals surface area contributed by atoms with E-state index in [2.05, 4.69) is 36.5 Å². The molecule has 2 aromatic carbocycles. The SMILES string of the molecule is COc1ccccc1-c1ccc(C(C)N(C)C(=O)CC2COCCN2)cc1.Cl. The van der Waals surface area contributed by atoms with Gasteiger partial charge in [-0.25, -0.2) is 0 Å². The third kappa shape index (κ3) is 5.25. The molecule has 0 radical (unpaired) electrons. The van der Waals surface area contributed by atoms with Gasteiger partial charge in [0.25, 0.3) is 0 Å². The summed E-state index contributed by atoms with van der Waals surface area (Å²) >= 11 is 0. The first-order chi connectivity index (χ1) is 13.1. The Kier molecular flexibility index (Phi) is 8.30. The van der Waals surface area contributed by atoms with Gasteiger partial charge in [-0.2, -0.15) is 0 Å². The zero-order valence-electron chi connectivity index (χ0n) is 16.7. The number of methoxy groups -OCH3 is 1. The topological polar surface area (TPSA) is 50.8 Å². The van der Waals surface area contributed by atoms with Crippen LogP contribution >= 0.6 is 12.4 Å². The van der Waals surface area contributed by atoms with E-state index in [1.165, 1.54) is 0 Å². The molecule has 5 nitrogen and oxygen atoms in total. The van der Waals surface area contributed by atoms with Gasteiger partial charge >= 0.3 is 0 Å². The number of amides is 1. The van der Waals surface area contributed by atoms with Crippen LogP contribution < -0.4 is 10.1 Å². The summed E-state index contributed by atoms with van der Waals surface area (Å²) in [7, 11) is 3.55. The van der Waals surface area contributed by atoms with Crippen LogP contribution in [0, 0.1) is 0 Å². The van der Waals surface area contributed by atoms with E-state index in [4.69, 9.17) is 9.47 Å². The van der Waals surface area contributed by atoms with E-state index in [0.717, 1.165) is 35.6 Å². The van der Waals surface area contributed by atoms with Gasteiger partial charge in [-0.3, -0.25) is 4.79 Å². The molecule has 1 amide bonds. The zero-order valence-corrected chi connectivity index (χ0v) is 17.5. The number of halogens is 1. The Morgan fingerprint density at radius 1 is 1.25 bits per heavy atom. The monoisotopic (exact) mass is 404 g/mol. The molecule has 2 atom stereocenters. The summed E-state index contributed by atoms with van der Waals surface area (Å²) in [6.45, 7) is 4.18. The fourth-order valence-electron chi connectivity index (χ4n) is 3.37. The van der Waals surface area contributed by atoms with Gasteiger partial charge in [0.2, 0.25) is 5.91 Å². The van der Waals surface area contributed by atoms with E-state index < -0.39 is 0 Å². The van der Waals surface area contributed by atoms with Gasteiger partial charge in [0.1, 0.15) is 5.75 Å². The van der Waals surface area contributed by atoms with Crippen molar-refractivity contribution in [3.63, 3.8) is 0 Å². The molecule has 1 N–H and O–H groups in total. The van der Waals surface area contributed by atoms with Crippen molar-refractivity contribution in [3.05, 3.63) is 54.1 Å². The molecule has 2 unspecified atom stereocenters. The summed E-state index contributed by atoms with van der Waals surface area (Å²) in [6.07, 6.45) is 0.458. The molecule has 6 heteroatoms. The number of rotatable bonds is 6. The zero-order chi connectivity index (χ0) is 19.2. The third-order valence-corrected chi connectivity index (χ3v) is 5.20. The van der Waals surface area contributed by atoms with Crippen LogP contribution in [0.15, 0.2) is 48.5 Å². The molecule has 28 heavy (non-hydrogen) atoms. The summed E-state index contributed by atoms with van der Waals surface area (Å²) in [5.74, 6) is 0.979. The van der Waals surface area contributed by atoms with E-state index in [9.17, 15) is 4.79 Å². The second kappa shape index (κ2) is 10.5. The van der Waals surface area contributed by atoms with Crippen LogP contribution in [0.2, 0.25) is 0 Å². The predicted molar refractivity (Wildman–Crippen MR) is 114 cm³/mol. The number of hydrogen-bond acceptors (Lipinski definition) is 4. The first-order valence-electron chi connectivity index (χ1n) is 9.40. The molecule has 0 saturated carbocycles. The normalized spacial score (nSPS) is 17.3. The molecule has 1 aliphatic heterocycles. The summed E-state index contributed by atoms with van der Waals surface area (Å²) in [5, 5.41) is 3.34. The Bertz CT molecular complexity index is 761. The van der Waals surface area contributed by atoms with Crippen molar-refractivity contribution in [1.29, 1.82) is 0 Å². The van der Waals surface area contributed by atoms with E-state index in [1.54, 1.807) is 7.11 Å². The van der Waals surface area contributed by atoms with Crippen molar-refractivity contribution in [2.75, 3.05) is 33.9 Å². The fourth-order valence-corrected chi connectivity index (χ4v) is 3.37. The van der Waals surface area contributed by atoms with Crippen LogP contribution in [0.3, 0.4) is 0 Å². The lowest BCUT2D eigenvalue weighted by Gasteiger charge is -2.29. The van der Waals surface area contributed by atoms with E-state index in [-0.39, 0.29) is 30.4 Å². The highest BCUT2D eigenvalue weighted by molar-refractivity contribution is 5.85. The lowest BCUT2D eigenvalue weighted by atomic mass is 10.00. The second-order valence-corrected chi connectivity index (χ2v) is 6.93. The second-order valence-electron chi connectivity index (χ2n) is 6.93. The number of nitrogens with zero attached hydrogens (tertiary/aromatic N) is 1. The number of hydrogen-bond donors (Lipinski definition) is 1. The van der Waals surface area contributed by atoms with Crippen LogP contribution in [-0.2, 0) is 9.53 Å². The molecule has 0 aliphatic carbocycles. The molecule has 1 fully saturated rings. The van der Waals surface area contributed by atoms with Crippen molar-refractivity contribution in [2.24, 2.45) is 0 Å². The van der Waals surface area contributed by atoms with Gasteiger partial charge < -0.3 is 19.7 Å². The van der Waals surface area contributed by atoms with Gasteiger partial charge in [0.15, 0.2) is 0 Å². The van der Waals surface area contributed by atoms with Crippen molar-refractivity contribution >= 4 is 18.3 Å². The number of nitrogens with one attached hydrogen (secondary N) is 1. The Balaban J connectivity index is 0.00000280.